The summed E-state index contributed by atoms with van der Waals surface area (Å²) in [5.41, 5.74) is 0.554. The van der Waals surface area contributed by atoms with Crippen molar-refractivity contribution >= 4 is 28.3 Å². The Morgan fingerprint density at radius 3 is 2.34 bits per heavy atom. The highest BCUT2D eigenvalue weighted by atomic mass is 19.1. The fourth-order valence-electron chi connectivity index (χ4n) is 5.00. The second-order valence-electron chi connectivity index (χ2n) is 8.83. The van der Waals surface area contributed by atoms with Crippen molar-refractivity contribution < 1.29 is 23.6 Å². The number of hydrogen-bond acceptors (Lipinski definition) is 6. The number of carbonyl (C=O) groups is 2. The van der Waals surface area contributed by atoms with Gasteiger partial charge in [0.05, 0.1) is 16.9 Å². The summed E-state index contributed by atoms with van der Waals surface area (Å²) in [5, 5.41) is 12.1. The summed E-state index contributed by atoms with van der Waals surface area (Å²) >= 11 is 0. The largest absolute Gasteiger partial charge is 0.494 e. The first-order valence-corrected chi connectivity index (χ1v) is 11.6. The van der Waals surface area contributed by atoms with E-state index < -0.39 is 4.92 Å². The summed E-state index contributed by atoms with van der Waals surface area (Å²) in [6.45, 7) is 2.83. The van der Waals surface area contributed by atoms with E-state index in [1.165, 1.54) is 29.2 Å². The Morgan fingerprint density at radius 1 is 0.971 bits per heavy atom. The van der Waals surface area contributed by atoms with Gasteiger partial charge in [-0.15, -0.1) is 0 Å². The highest BCUT2D eigenvalue weighted by Crippen LogP contribution is 2.36. The number of non-ortho nitro benzene ring substituents is 1. The van der Waals surface area contributed by atoms with Crippen molar-refractivity contribution in [3.05, 3.63) is 81.7 Å². The molecule has 9 heteroatoms. The number of halogens is 1. The molecule has 2 aliphatic rings. The second-order valence-corrected chi connectivity index (χ2v) is 8.83. The standard InChI is InChI=1S/C26H24FN3O5/c27-17-5-7-19(8-6-17)35-16-2-13-28-14-11-18(12-15-28)29-25(31)21-4-1-3-20-23(30(33)34)10-9-22(24(20)21)26(29)32/h1,3-10,18H,2,11-16H2. The molecule has 0 atom stereocenters. The molecule has 2 heterocycles. The zero-order valence-electron chi connectivity index (χ0n) is 19.0. The molecule has 3 aromatic rings. The number of likely N-dealkylation sites (tertiary alicyclic amines) is 1. The predicted octanol–water partition coefficient (Wildman–Crippen LogP) is 4.42. The number of benzene rings is 3. The van der Waals surface area contributed by atoms with E-state index in [1.807, 2.05) is 0 Å². The van der Waals surface area contributed by atoms with Crippen LogP contribution in [0.3, 0.4) is 0 Å². The molecule has 0 radical (unpaired) electrons. The lowest BCUT2D eigenvalue weighted by Gasteiger charge is -2.39. The molecule has 180 valence electrons. The number of imide groups is 1. The molecule has 1 fully saturated rings. The van der Waals surface area contributed by atoms with Gasteiger partial charge in [-0.1, -0.05) is 6.07 Å². The van der Waals surface area contributed by atoms with E-state index in [0.29, 0.717) is 47.1 Å². The molecule has 8 nitrogen and oxygen atoms in total. The predicted molar refractivity (Wildman–Crippen MR) is 127 cm³/mol. The van der Waals surface area contributed by atoms with Gasteiger partial charge in [-0.25, -0.2) is 4.39 Å². The molecule has 35 heavy (non-hydrogen) atoms. The molecule has 0 unspecified atom stereocenters. The summed E-state index contributed by atoms with van der Waals surface area (Å²) < 4.78 is 18.6. The second kappa shape index (κ2) is 9.42. The van der Waals surface area contributed by atoms with Crippen LogP contribution in [-0.4, -0.2) is 58.8 Å². The Morgan fingerprint density at radius 2 is 1.66 bits per heavy atom. The summed E-state index contributed by atoms with van der Waals surface area (Å²) in [4.78, 5) is 41.2. The minimum Gasteiger partial charge on any atom is -0.494 e. The first kappa shape index (κ1) is 22.9. The van der Waals surface area contributed by atoms with E-state index in [4.69, 9.17) is 4.74 Å². The van der Waals surface area contributed by atoms with E-state index in [2.05, 4.69) is 4.90 Å². The molecule has 0 spiro atoms. The maximum absolute atomic E-state index is 13.3. The van der Waals surface area contributed by atoms with Crippen LogP contribution in [0.4, 0.5) is 10.1 Å². The van der Waals surface area contributed by atoms with Crippen LogP contribution in [0.15, 0.2) is 54.6 Å². The van der Waals surface area contributed by atoms with Gasteiger partial charge in [-0.05, 0) is 61.7 Å². The van der Waals surface area contributed by atoms with E-state index >= 15 is 0 Å². The minimum atomic E-state index is -0.495. The number of nitro benzene ring substituents is 1. The van der Waals surface area contributed by atoms with Gasteiger partial charge < -0.3 is 9.64 Å². The van der Waals surface area contributed by atoms with Gasteiger partial charge in [-0.3, -0.25) is 24.6 Å². The minimum absolute atomic E-state index is 0.114. The molecule has 0 aliphatic carbocycles. The van der Waals surface area contributed by atoms with Gasteiger partial charge in [-0.2, -0.15) is 0 Å². The molecule has 2 aliphatic heterocycles. The monoisotopic (exact) mass is 477 g/mol. The highest BCUT2D eigenvalue weighted by molar-refractivity contribution is 6.26. The van der Waals surface area contributed by atoms with Gasteiger partial charge in [0.1, 0.15) is 11.6 Å². The highest BCUT2D eigenvalue weighted by Gasteiger charge is 2.39. The lowest BCUT2D eigenvalue weighted by atomic mass is 9.90. The number of carbonyl (C=O) groups excluding carboxylic acids is 2. The van der Waals surface area contributed by atoms with Gasteiger partial charge >= 0.3 is 0 Å². The Bertz CT molecular complexity index is 1280. The third kappa shape index (κ3) is 4.35. The van der Waals surface area contributed by atoms with E-state index in [9.17, 15) is 24.1 Å². The molecular formula is C26H24FN3O5. The molecular weight excluding hydrogens is 453 g/mol. The molecule has 0 N–H and O–H groups in total. The normalized spacial score (nSPS) is 16.7. The topological polar surface area (TPSA) is 93.0 Å². The molecule has 3 aromatic carbocycles. The number of nitrogens with zero attached hydrogens (tertiary/aromatic N) is 3. The average molecular weight is 477 g/mol. The number of rotatable bonds is 7. The van der Waals surface area contributed by atoms with E-state index in [0.717, 1.165) is 26.1 Å². The molecule has 0 bridgehead atoms. The van der Waals surface area contributed by atoms with Crippen LogP contribution >= 0.6 is 0 Å². The number of nitro groups is 1. The first-order chi connectivity index (χ1) is 16.9. The third-order valence-electron chi connectivity index (χ3n) is 6.74. The smallest absolute Gasteiger partial charge is 0.277 e. The van der Waals surface area contributed by atoms with E-state index in [1.54, 1.807) is 30.3 Å². The van der Waals surface area contributed by atoms with Crippen LogP contribution in [0.25, 0.3) is 10.8 Å². The van der Waals surface area contributed by atoms with E-state index in [-0.39, 0.29) is 29.4 Å². The lowest BCUT2D eigenvalue weighted by molar-refractivity contribution is -0.383. The van der Waals surface area contributed by atoms with Crippen molar-refractivity contribution in [3.63, 3.8) is 0 Å². The van der Waals surface area contributed by atoms with Crippen molar-refractivity contribution in [2.24, 2.45) is 0 Å². The van der Waals surface area contributed by atoms with Crippen LogP contribution in [0, 0.1) is 15.9 Å². The van der Waals surface area contributed by atoms with Gasteiger partial charge in [0.2, 0.25) is 0 Å². The summed E-state index contributed by atoms with van der Waals surface area (Å²) in [7, 11) is 0. The van der Waals surface area contributed by atoms with Crippen molar-refractivity contribution in [2.45, 2.75) is 25.3 Å². The Hall–Kier alpha value is -3.85. The summed E-state index contributed by atoms with van der Waals surface area (Å²) in [6.07, 6.45) is 2.13. The van der Waals surface area contributed by atoms with Crippen molar-refractivity contribution in [3.8, 4) is 5.75 Å². The summed E-state index contributed by atoms with van der Waals surface area (Å²) in [5.74, 6) is -0.445. The Labute approximate surface area is 201 Å². The summed E-state index contributed by atoms with van der Waals surface area (Å²) in [6, 6.07) is 13.3. The van der Waals surface area contributed by atoms with Crippen LogP contribution in [0.1, 0.15) is 40.0 Å². The van der Waals surface area contributed by atoms with Crippen molar-refractivity contribution in [1.82, 2.24) is 9.80 Å². The number of ether oxygens (including phenoxy) is 1. The maximum Gasteiger partial charge on any atom is 0.277 e. The third-order valence-corrected chi connectivity index (χ3v) is 6.74. The fraction of sp³-hybridized carbons (Fsp3) is 0.308. The molecule has 1 saturated heterocycles. The molecule has 2 amide bonds. The SMILES string of the molecule is O=C1c2cccc3c([N+](=O)[O-])ccc(c23)C(=O)N1C1CCN(CCCOc2ccc(F)cc2)CC1. The molecule has 0 saturated carbocycles. The van der Waals surface area contributed by atoms with Crippen LogP contribution in [0.5, 0.6) is 5.75 Å². The van der Waals surface area contributed by atoms with Crippen molar-refractivity contribution in [1.29, 1.82) is 0 Å². The number of piperidine rings is 1. The van der Waals surface area contributed by atoms with Crippen LogP contribution in [0.2, 0.25) is 0 Å². The number of amides is 2. The first-order valence-electron chi connectivity index (χ1n) is 11.6. The number of hydrogen-bond donors (Lipinski definition) is 0. The molecule has 0 aromatic heterocycles. The maximum atomic E-state index is 13.3. The fourth-order valence-corrected chi connectivity index (χ4v) is 5.00. The van der Waals surface area contributed by atoms with Crippen LogP contribution < -0.4 is 4.74 Å². The quantitative estimate of drug-likeness (QED) is 0.217. The Balaban J connectivity index is 1.22. The average Bonchev–Trinajstić information content (AvgIpc) is 2.86. The van der Waals surface area contributed by atoms with Gasteiger partial charge in [0, 0.05) is 48.3 Å². The molecule has 5 rings (SSSR count). The Kier molecular flexibility index (Phi) is 6.17. The van der Waals surface area contributed by atoms with Gasteiger partial charge in [0.15, 0.2) is 0 Å². The zero-order chi connectivity index (χ0) is 24.5. The van der Waals surface area contributed by atoms with Crippen LogP contribution in [-0.2, 0) is 0 Å². The lowest BCUT2D eigenvalue weighted by Crippen LogP contribution is -2.51. The zero-order valence-corrected chi connectivity index (χ0v) is 19.0. The van der Waals surface area contributed by atoms with Crippen molar-refractivity contribution in [2.75, 3.05) is 26.2 Å². The van der Waals surface area contributed by atoms with Gasteiger partial charge in [0.25, 0.3) is 17.5 Å².